The molecule has 1 fully saturated rings. The molecule has 1 saturated heterocycles. The van der Waals surface area contributed by atoms with Crippen molar-refractivity contribution in [2.75, 3.05) is 33.2 Å². The van der Waals surface area contributed by atoms with Gasteiger partial charge in [0.2, 0.25) is 0 Å². The fraction of sp³-hybridized carbons (Fsp3) is 0.406. The van der Waals surface area contributed by atoms with Crippen molar-refractivity contribution in [3.8, 4) is 0 Å². The van der Waals surface area contributed by atoms with Crippen LogP contribution >= 0.6 is 0 Å². The molecule has 0 bridgehead atoms. The zero-order valence-electron chi connectivity index (χ0n) is 22.7. The summed E-state index contributed by atoms with van der Waals surface area (Å²) in [7, 11) is 1.75. The summed E-state index contributed by atoms with van der Waals surface area (Å²) in [6, 6.07) is 18.2. The van der Waals surface area contributed by atoms with Crippen molar-refractivity contribution in [3.63, 3.8) is 0 Å². The molecule has 7 heteroatoms. The lowest BCUT2D eigenvalue weighted by atomic mass is 9.87. The monoisotopic (exact) mass is 530 g/mol. The Hall–Kier alpha value is -3.58. The highest BCUT2D eigenvalue weighted by Crippen LogP contribution is 2.30. The van der Waals surface area contributed by atoms with Crippen molar-refractivity contribution in [3.05, 3.63) is 95.1 Å². The summed E-state index contributed by atoms with van der Waals surface area (Å²) in [4.78, 5) is 40.1. The zero-order chi connectivity index (χ0) is 27.4. The largest absolute Gasteiger partial charge is 0.343 e. The third-order valence-corrected chi connectivity index (χ3v) is 8.53. The van der Waals surface area contributed by atoms with Gasteiger partial charge in [0.15, 0.2) is 11.6 Å². The second kappa shape index (κ2) is 11.7. The molecule has 3 heterocycles. The number of benzene rings is 2. The van der Waals surface area contributed by atoms with Crippen LogP contribution in [0, 0.1) is 11.7 Å². The minimum atomic E-state index is -0.326. The van der Waals surface area contributed by atoms with Gasteiger partial charge in [-0.3, -0.25) is 14.4 Å². The molecule has 0 N–H and O–H groups in total. The number of aromatic nitrogens is 1. The summed E-state index contributed by atoms with van der Waals surface area (Å²) in [5, 5.41) is 0. The van der Waals surface area contributed by atoms with Crippen LogP contribution in [-0.2, 0) is 13.1 Å². The van der Waals surface area contributed by atoms with Gasteiger partial charge < -0.3 is 14.0 Å². The van der Waals surface area contributed by atoms with E-state index in [4.69, 9.17) is 0 Å². The first-order valence-electron chi connectivity index (χ1n) is 14.0. The van der Waals surface area contributed by atoms with Gasteiger partial charge in [0.05, 0.1) is 19.6 Å². The molecule has 0 aliphatic carbocycles. The Morgan fingerprint density at radius 2 is 1.69 bits per heavy atom. The number of hydrogen-bond donors (Lipinski definition) is 0. The van der Waals surface area contributed by atoms with Crippen molar-refractivity contribution < 1.29 is 23.3 Å². The van der Waals surface area contributed by atoms with Gasteiger partial charge in [-0.15, -0.1) is 0 Å². The molecule has 2 aromatic carbocycles. The van der Waals surface area contributed by atoms with E-state index in [0.717, 1.165) is 56.3 Å². The maximum Gasteiger partial charge on any atom is 0.270 e. The average molecular weight is 531 g/mol. The van der Waals surface area contributed by atoms with E-state index in [1.807, 2.05) is 16.8 Å². The molecule has 5 rings (SSSR count). The molecule has 39 heavy (non-hydrogen) atoms. The third kappa shape index (κ3) is 6.04. The number of carbonyl (C=O) groups is 3. The maximum atomic E-state index is 13.3. The van der Waals surface area contributed by atoms with Gasteiger partial charge in [-0.25, -0.2) is 4.39 Å². The Morgan fingerprint density at radius 1 is 0.974 bits per heavy atom. The highest BCUT2D eigenvalue weighted by atomic mass is 19.1. The number of fused-ring (bicyclic) bond motifs is 1. The second-order valence-electron chi connectivity index (χ2n) is 11.2. The first-order chi connectivity index (χ1) is 18.8. The molecular formula is C32H37FN3O3+. The van der Waals surface area contributed by atoms with Crippen molar-refractivity contribution in [2.24, 2.45) is 5.92 Å². The number of rotatable bonds is 9. The van der Waals surface area contributed by atoms with Crippen LogP contribution in [0.15, 0.2) is 66.9 Å². The predicted octanol–water partition coefficient (Wildman–Crippen LogP) is 5.38. The van der Waals surface area contributed by atoms with E-state index in [9.17, 15) is 18.8 Å². The van der Waals surface area contributed by atoms with Crippen molar-refractivity contribution in [2.45, 2.75) is 45.2 Å². The fourth-order valence-electron chi connectivity index (χ4n) is 6.20. The van der Waals surface area contributed by atoms with Gasteiger partial charge in [-0.2, -0.15) is 0 Å². The molecule has 1 amide bonds. The summed E-state index contributed by atoms with van der Waals surface area (Å²) in [6.07, 6.45) is 5.76. The van der Waals surface area contributed by atoms with E-state index >= 15 is 0 Å². The van der Waals surface area contributed by atoms with E-state index in [-0.39, 0.29) is 29.2 Å². The van der Waals surface area contributed by atoms with Crippen molar-refractivity contribution >= 4 is 17.5 Å². The molecule has 0 spiro atoms. The summed E-state index contributed by atoms with van der Waals surface area (Å²) >= 11 is 0. The van der Waals surface area contributed by atoms with E-state index in [2.05, 4.69) is 24.3 Å². The number of aryl methyl sites for hydroxylation is 1. The Labute approximate surface area is 229 Å². The van der Waals surface area contributed by atoms with E-state index < -0.39 is 0 Å². The molecule has 2 aliphatic rings. The van der Waals surface area contributed by atoms with Crippen molar-refractivity contribution in [1.82, 2.24) is 9.47 Å². The molecule has 2 aliphatic heterocycles. The van der Waals surface area contributed by atoms with Crippen molar-refractivity contribution in [1.29, 1.82) is 0 Å². The maximum absolute atomic E-state index is 13.3. The number of likely N-dealkylation sites (tertiary alicyclic amines) is 1. The summed E-state index contributed by atoms with van der Waals surface area (Å²) in [5.74, 6) is -0.292. The molecule has 6 nitrogen and oxygen atoms in total. The lowest BCUT2D eigenvalue weighted by Crippen LogP contribution is -2.53. The third-order valence-electron chi connectivity index (χ3n) is 8.53. The molecule has 1 aromatic heterocycles. The van der Waals surface area contributed by atoms with Crippen LogP contribution in [0.3, 0.4) is 0 Å². The number of ketones is 2. The van der Waals surface area contributed by atoms with Gasteiger partial charge in [0, 0.05) is 68.2 Å². The first-order valence-corrected chi connectivity index (χ1v) is 14.0. The Morgan fingerprint density at radius 3 is 2.41 bits per heavy atom. The molecular weight excluding hydrogens is 493 g/mol. The van der Waals surface area contributed by atoms with Gasteiger partial charge in [-0.1, -0.05) is 30.3 Å². The highest BCUT2D eigenvalue weighted by molar-refractivity contribution is 6.08. The van der Waals surface area contributed by atoms with Gasteiger partial charge in [0.1, 0.15) is 18.1 Å². The number of nitrogens with zero attached hydrogens (tertiary/aromatic N) is 3. The van der Waals surface area contributed by atoms with Crippen LogP contribution in [-0.4, -0.2) is 64.7 Å². The SMILES string of the molecule is CN1CCC(=O)c2ccn(CCCC[N+]3(Cc4ccccc4)CCC(C(=O)c4ccc(F)cc4)CC3)c2C1=O. The van der Waals surface area contributed by atoms with Gasteiger partial charge >= 0.3 is 0 Å². The number of amides is 1. The molecule has 0 unspecified atom stereocenters. The minimum absolute atomic E-state index is 0.0339. The van der Waals surface area contributed by atoms with E-state index in [1.165, 1.54) is 17.7 Å². The molecule has 0 saturated carbocycles. The Kier molecular flexibility index (Phi) is 8.07. The number of quaternary nitrogens is 1. The van der Waals surface area contributed by atoms with Gasteiger partial charge in [0.25, 0.3) is 5.91 Å². The molecule has 204 valence electrons. The molecule has 0 radical (unpaired) electrons. The second-order valence-corrected chi connectivity index (χ2v) is 11.2. The first kappa shape index (κ1) is 27.0. The Bertz CT molecular complexity index is 1320. The van der Waals surface area contributed by atoms with Crippen LogP contribution in [0.4, 0.5) is 4.39 Å². The fourth-order valence-corrected chi connectivity index (χ4v) is 6.20. The summed E-state index contributed by atoms with van der Waals surface area (Å²) < 4.78 is 16.2. The number of unbranched alkanes of at least 4 members (excludes halogenated alkanes) is 1. The number of piperidine rings is 1. The smallest absolute Gasteiger partial charge is 0.270 e. The highest BCUT2D eigenvalue weighted by Gasteiger charge is 2.36. The summed E-state index contributed by atoms with van der Waals surface area (Å²) in [5.41, 5.74) is 2.95. The van der Waals surface area contributed by atoms with Gasteiger partial charge in [-0.05, 0) is 43.2 Å². The zero-order valence-corrected chi connectivity index (χ0v) is 22.7. The predicted molar refractivity (Wildman–Crippen MR) is 148 cm³/mol. The quantitative estimate of drug-likeness (QED) is 0.212. The minimum Gasteiger partial charge on any atom is -0.343 e. The van der Waals surface area contributed by atoms with Crippen LogP contribution in [0.2, 0.25) is 0 Å². The average Bonchev–Trinajstić information content (AvgIpc) is 3.34. The topological polar surface area (TPSA) is 59.4 Å². The number of halogens is 1. The van der Waals surface area contributed by atoms with Crippen LogP contribution in [0.1, 0.15) is 68.9 Å². The van der Waals surface area contributed by atoms with E-state index in [1.54, 1.807) is 30.1 Å². The normalized spacial score (nSPS) is 21.5. The van der Waals surface area contributed by atoms with Crippen LogP contribution in [0.5, 0.6) is 0 Å². The van der Waals surface area contributed by atoms with E-state index in [0.29, 0.717) is 36.3 Å². The number of Topliss-reactive ketones (excluding diaryl/α,β-unsaturated/α-hetero) is 2. The molecule has 0 atom stereocenters. The number of carbonyl (C=O) groups excluding carboxylic acids is 3. The Balaban J connectivity index is 1.24. The standard InChI is InChI=1S/C32H37FN3O3/c1-34-18-14-29(37)28-13-19-35(30(28)32(34)39)17-5-6-20-36(23-24-7-3-2-4-8-24)21-15-26(16-22-36)31(38)25-9-11-27(33)12-10-25/h2-4,7-13,19,26H,5-6,14-18,20-23H2,1H3/q+1. The lowest BCUT2D eigenvalue weighted by molar-refractivity contribution is -0.946. The number of hydrogen-bond acceptors (Lipinski definition) is 3. The molecule has 3 aromatic rings. The lowest BCUT2D eigenvalue weighted by Gasteiger charge is -2.44. The van der Waals surface area contributed by atoms with Crippen LogP contribution < -0.4 is 0 Å². The summed E-state index contributed by atoms with van der Waals surface area (Å²) in [6.45, 7) is 4.90. The van der Waals surface area contributed by atoms with Crippen LogP contribution in [0.25, 0.3) is 0 Å².